The van der Waals surface area contributed by atoms with E-state index in [1.54, 1.807) is 36.4 Å². The molecule has 0 radical (unpaired) electrons. The molecule has 0 saturated carbocycles. The second-order valence-electron chi connectivity index (χ2n) is 19.6. The van der Waals surface area contributed by atoms with E-state index in [0.717, 1.165) is 16.7 Å². The molecule has 0 aliphatic heterocycles. The van der Waals surface area contributed by atoms with Crippen molar-refractivity contribution in [2.45, 2.75) is 45.4 Å². The first kappa shape index (κ1) is 61.6. The Labute approximate surface area is 493 Å². The molecule has 0 heterocycles. The van der Waals surface area contributed by atoms with Crippen LogP contribution in [0.4, 0.5) is 0 Å². The smallest absolute Gasteiger partial charge is 0.157 e. The second-order valence-corrected chi connectivity index (χ2v) is 19.6. The number of benzene rings is 12. The van der Waals surface area contributed by atoms with Crippen LogP contribution in [0.3, 0.4) is 0 Å². The summed E-state index contributed by atoms with van der Waals surface area (Å²) >= 11 is 0. The van der Waals surface area contributed by atoms with Gasteiger partial charge in [-0.2, -0.15) is 0 Å². The van der Waals surface area contributed by atoms with Gasteiger partial charge in [-0.05, 0) is 110 Å². The third-order valence-corrected chi connectivity index (χ3v) is 14.0. The molecule has 0 fully saturated rings. The van der Waals surface area contributed by atoms with Gasteiger partial charge in [0, 0.05) is 64.3 Å². The van der Waals surface area contributed by atoms with E-state index in [1.165, 1.54) is 105 Å². The second kappa shape index (κ2) is 29.1. The maximum absolute atomic E-state index is 9.80. The Hall–Kier alpha value is -11.0. The molecule has 432 valence electrons. The molecule has 0 spiro atoms. The Morgan fingerprint density at radius 3 is 0.729 bits per heavy atom. The zero-order valence-electron chi connectivity index (χ0n) is 47.3. The maximum atomic E-state index is 9.80. The number of rotatable bonds is 7. The highest BCUT2D eigenvalue weighted by atomic mass is 16.3. The highest BCUT2D eigenvalue weighted by molar-refractivity contribution is 5.98. The van der Waals surface area contributed by atoms with Crippen LogP contribution in [0, 0.1) is 0 Å². The Kier molecular flexibility index (Phi) is 21.1. The molecule has 0 aromatic heterocycles. The molecule has 12 N–H and O–H groups in total. The average molecular weight is 1140 g/mol. The van der Waals surface area contributed by atoms with Crippen molar-refractivity contribution in [2.24, 2.45) is 0 Å². The van der Waals surface area contributed by atoms with Gasteiger partial charge in [-0.15, -0.1) is 0 Å². The van der Waals surface area contributed by atoms with Crippen molar-refractivity contribution in [3.8, 4) is 69.0 Å². The van der Waals surface area contributed by atoms with Crippen molar-refractivity contribution in [3.63, 3.8) is 0 Å². The summed E-state index contributed by atoms with van der Waals surface area (Å²) < 4.78 is 0. The zero-order valence-corrected chi connectivity index (χ0v) is 47.3. The monoisotopic (exact) mass is 1140 g/mol. The molecule has 12 rings (SSSR count). The SMILES string of the molecule is CC.CC(c1ccc(O)cc1O)c1ccc(O)cc1O.CC(c1ccc(O)cc1O)c1ccc(O)cc1O.Oc1ccc(C(c2ccccc2)c2ccc(O)c(O)c2)cc1O.c1ccc2cc3ccccc3cc2c1.c1ccc2ccccc2c1. The fourth-order valence-electron chi connectivity index (χ4n) is 9.61. The molecule has 0 bridgehead atoms. The summed E-state index contributed by atoms with van der Waals surface area (Å²) in [4.78, 5) is 0. The Bertz CT molecular complexity index is 3720. The lowest BCUT2D eigenvalue weighted by atomic mass is 9.85. The minimum Gasteiger partial charge on any atom is -0.508 e. The van der Waals surface area contributed by atoms with Gasteiger partial charge in [0.2, 0.25) is 0 Å². The summed E-state index contributed by atoms with van der Waals surface area (Å²) in [5.41, 5.74) is 4.85. The van der Waals surface area contributed by atoms with Crippen LogP contribution in [0.2, 0.25) is 0 Å². The van der Waals surface area contributed by atoms with Crippen molar-refractivity contribution < 1.29 is 61.3 Å². The van der Waals surface area contributed by atoms with Crippen LogP contribution < -0.4 is 0 Å². The van der Waals surface area contributed by atoms with Crippen molar-refractivity contribution in [1.82, 2.24) is 0 Å². The minimum atomic E-state index is -0.258. The zero-order chi connectivity index (χ0) is 61.2. The summed E-state index contributed by atoms with van der Waals surface area (Å²) in [6.07, 6.45) is 0. The molecule has 0 amide bonds. The minimum absolute atomic E-state index is 0.0154. The molecule has 0 aliphatic rings. The van der Waals surface area contributed by atoms with Gasteiger partial charge in [0.05, 0.1) is 0 Å². The largest absolute Gasteiger partial charge is 0.508 e. The normalized spacial score (nSPS) is 10.5. The summed E-state index contributed by atoms with van der Waals surface area (Å²) in [7, 11) is 0. The molecule has 12 nitrogen and oxygen atoms in total. The third-order valence-electron chi connectivity index (χ3n) is 14.0. The van der Waals surface area contributed by atoms with Gasteiger partial charge in [-0.3, -0.25) is 0 Å². The Morgan fingerprint density at radius 1 is 0.212 bits per heavy atom. The Balaban J connectivity index is 0.000000154. The van der Waals surface area contributed by atoms with Crippen LogP contribution in [-0.4, -0.2) is 61.3 Å². The van der Waals surface area contributed by atoms with Gasteiger partial charge in [-0.1, -0.05) is 191 Å². The number of phenols is 12. The third kappa shape index (κ3) is 16.1. The van der Waals surface area contributed by atoms with E-state index in [2.05, 4.69) is 109 Å². The van der Waals surface area contributed by atoms with E-state index in [-0.39, 0.29) is 86.7 Å². The quantitative estimate of drug-likeness (QED) is 0.0405. The van der Waals surface area contributed by atoms with E-state index in [4.69, 9.17) is 0 Å². The lowest BCUT2D eigenvalue weighted by Crippen LogP contribution is -2.03. The molecular formula is C73H68O12. The summed E-state index contributed by atoms with van der Waals surface area (Å²) in [5.74, 6) is -1.74. The summed E-state index contributed by atoms with van der Waals surface area (Å²) in [6.45, 7) is 7.64. The van der Waals surface area contributed by atoms with Crippen LogP contribution >= 0.6 is 0 Å². The van der Waals surface area contributed by atoms with Crippen LogP contribution in [0.15, 0.2) is 249 Å². The average Bonchev–Trinajstić information content (AvgIpc) is 3.38. The topological polar surface area (TPSA) is 243 Å². The Morgan fingerprint density at radius 2 is 0.471 bits per heavy atom. The van der Waals surface area contributed by atoms with Gasteiger partial charge < -0.3 is 61.3 Å². The van der Waals surface area contributed by atoms with E-state index >= 15 is 0 Å². The van der Waals surface area contributed by atoms with Gasteiger partial charge >= 0.3 is 0 Å². The number of aromatic hydroxyl groups is 12. The van der Waals surface area contributed by atoms with Crippen LogP contribution in [0.5, 0.6) is 69.0 Å². The summed E-state index contributed by atoms with van der Waals surface area (Å²) in [5, 5.41) is 123. The van der Waals surface area contributed by atoms with E-state index in [9.17, 15) is 61.3 Å². The van der Waals surface area contributed by atoms with Crippen molar-refractivity contribution >= 4 is 32.3 Å². The molecule has 85 heavy (non-hydrogen) atoms. The standard InChI is InChI=1S/C19H16O4.2C14H14O4.C14H10.C10H8.C2H6/c20-15-8-6-13(10-17(15)22)19(12-4-2-1-3-5-12)14-7-9-16(21)18(23)11-14;2*1-8(11-4-2-9(15)6-13(11)17)12-5-3-10(16)7-14(12)18;1-2-6-12-10-14-8-4-3-7-13(14)9-11(12)5-1;1-2-6-10-8-4-3-7-9(10)5-1;1-2/h1-11,19-23H;2*2-8,15-18H,1H3;1-10H;1-8H;1-2H3. The van der Waals surface area contributed by atoms with Crippen LogP contribution in [0.1, 0.15) is 84.4 Å². The lowest BCUT2D eigenvalue weighted by molar-refractivity contribution is 0.402. The van der Waals surface area contributed by atoms with E-state index in [0.29, 0.717) is 22.3 Å². The van der Waals surface area contributed by atoms with Crippen LogP contribution in [-0.2, 0) is 0 Å². The molecule has 0 aliphatic carbocycles. The van der Waals surface area contributed by atoms with E-state index in [1.807, 2.05) is 58.0 Å². The number of hydrogen-bond acceptors (Lipinski definition) is 12. The van der Waals surface area contributed by atoms with Crippen LogP contribution in [0.25, 0.3) is 32.3 Å². The first-order valence-corrected chi connectivity index (χ1v) is 27.4. The molecule has 12 aromatic rings. The van der Waals surface area contributed by atoms with Gasteiger partial charge in [-0.25, -0.2) is 0 Å². The van der Waals surface area contributed by atoms with Crippen molar-refractivity contribution in [3.05, 3.63) is 288 Å². The maximum Gasteiger partial charge on any atom is 0.157 e. The predicted molar refractivity (Wildman–Crippen MR) is 338 cm³/mol. The first-order chi connectivity index (χ1) is 40.9. The summed E-state index contributed by atoms with van der Waals surface area (Å²) in [6, 6.07) is 74.3. The molecule has 0 atom stereocenters. The molecule has 12 aromatic carbocycles. The highest BCUT2D eigenvalue weighted by Crippen LogP contribution is 2.41. The predicted octanol–water partition coefficient (Wildman–Crippen LogP) is 16.9. The number of fused-ring (bicyclic) bond motifs is 3. The molecule has 0 saturated heterocycles. The van der Waals surface area contributed by atoms with Gasteiger partial charge in [0.25, 0.3) is 0 Å². The number of phenolic OH excluding ortho intramolecular Hbond substituents is 12. The lowest BCUT2D eigenvalue weighted by Gasteiger charge is -2.19. The molecule has 12 heteroatoms. The van der Waals surface area contributed by atoms with Crippen molar-refractivity contribution in [2.75, 3.05) is 0 Å². The highest BCUT2D eigenvalue weighted by Gasteiger charge is 2.21. The first-order valence-electron chi connectivity index (χ1n) is 27.4. The fraction of sp³-hybridized carbons (Fsp3) is 0.0959. The number of hydrogen-bond donors (Lipinski definition) is 12. The van der Waals surface area contributed by atoms with Crippen molar-refractivity contribution in [1.29, 1.82) is 0 Å². The van der Waals surface area contributed by atoms with Gasteiger partial charge in [0.15, 0.2) is 23.0 Å². The molecular weight excluding hydrogens is 1070 g/mol. The molecule has 0 unspecified atom stereocenters. The fourth-order valence-corrected chi connectivity index (χ4v) is 9.61. The van der Waals surface area contributed by atoms with Gasteiger partial charge in [0.1, 0.15) is 46.0 Å². The van der Waals surface area contributed by atoms with E-state index < -0.39 is 0 Å².